The monoisotopic (exact) mass is 209 g/mol. The summed E-state index contributed by atoms with van der Waals surface area (Å²) in [5.41, 5.74) is 0. The van der Waals surface area contributed by atoms with Crippen molar-refractivity contribution in [2.24, 2.45) is 7.05 Å². The van der Waals surface area contributed by atoms with Gasteiger partial charge in [-0.25, -0.2) is 0 Å². The van der Waals surface area contributed by atoms with Gasteiger partial charge in [-0.2, -0.15) is 0 Å². The molecule has 2 heterocycles. The lowest BCUT2D eigenvalue weighted by Gasteiger charge is -2.29. The molecule has 1 aromatic heterocycles. The zero-order valence-corrected chi connectivity index (χ0v) is 9.48. The number of hydrogen-bond acceptors (Lipinski definition) is 4. The van der Waals surface area contributed by atoms with Gasteiger partial charge < -0.3 is 14.8 Å². The first-order valence-electron chi connectivity index (χ1n) is 5.50. The summed E-state index contributed by atoms with van der Waals surface area (Å²) < 4.78 is 1.96. The SMILES string of the molecule is CN1CCC(NCc2nncn2C)CC1. The van der Waals surface area contributed by atoms with Gasteiger partial charge in [0.1, 0.15) is 12.2 Å². The lowest BCUT2D eigenvalue weighted by molar-refractivity contribution is 0.233. The molecule has 0 unspecified atom stereocenters. The molecular formula is C10H19N5. The molecule has 0 aromatic carbocycles. The van der Waals surface area contributed by atoms with Crippen LogP contribution in [-0.4, -0.2) is 45.8 Å². The normalized spacial score (nSPS) is 19.6. The van der Waals surface area contributed by atoms with Gasteiger partial charge in [0, 0.05) is 13.1 Å². The minimum Gasteiger partial charge on any atom is -0.320 e. The molecule has 0 spiro atoms. The minimum absolute atomic E-state index is 0.637. The van der Waals surface area contributed by atoms with Crippen LogP contribution in [0.4, 0.5) is 0 Å². The first-order valence-corrected chi connectivity index (χ1v) is 5.50. The van der Waals surface area contributed by atoms with E-state index in [0.717, 1.165) is 12.4 Å². The Labute approximate surface area is 90.5 Å². The van der Waals surface area contributed by atoms with E-state index in [9.17, 15) is 0 Å². The van der Waals surface area contributed by atoms with E-state index in [1.807, 2.05) is 11.6 Å². The van der Waals surface area contributed by atoms with Crippen molar-refractivity contribution in [2.75, 3.05) is 20.1 Å². The van der Waals surface area contributed by atoms with Gasteiger partial charge in [0.25, 0.3) is 0 Å². The van der Waals surface area contributed by atoms with E-state index in [-0.39, 0.29) is 0 Å². The second-order valence-corrected chi connectivity index (χ2v) is 4.32. The molecule has 5 heteroatoms. The largest absolute Gasteiger partial charge is 0.320 e. The van der Waals surface area contributed by atoms with Gasteiger partial charge >= 0.3 is 0 Å². The Balaban J connectivity index is 1.77. The summed E-state index contributed by atoms with van der Waals surface area (Å²) in [6.45, 7) is 3.21. The quantitative estimate of drug-likeness (QED) is 0.761. The fraction of sp³-hybridized carbons (Fsp3) is 0.800. The molecule has 1 aliphatic rings. The predicted molar refractivity (Wildman–Crippen MR) is 58.4 cm³/mol. The molecular weight excluding hydrogens is 190 g/mol. The molecule has 0 atom stereocenters. The summed E-state index contributed by atoms with van der Waals surface area (Å²) in [7, 11) is 4.16. The Kier molecular flexibility index (Phi) is 3.33. The van der Waals surface area contributed by atoms with Crippen LogP contribution in [0.3, 0.4) is 0 Å². The maximum absolute atomic E-state index is 4.06. The molecule has 1 saturated heterocycles. The van der Waals surface area contributed by atoms with E-state index in [4.69, 9.17) is 0 Å². The molecule has 1 fully saturated rings. The van der Waals surface area contributed by atoms with Crippen molar-refractivity contribution in [3.05, 3.63) is 12.2 Å². The molecule has 1 N–H and O–H groups in total. The van der Waals surface area contributed by atoms with Crippen molar-refractivity contribution >= 4 is 0 Å². The minimum atomic E-state index is 0.637. The van der Waals surface area contributed by atoms with Crippen LogP contribution < -0.4 is 5.32 Å². The smallest absolute Gasteiger partial charge is 0.146 e. The number of aromatic nitrogens is 3. The lowest BCUT2D eigenvalue weighted by Crippen LogP contribution is -2.40. The highest BCUT2D eigenvalue weighted by atomic mass is 15.3. The zero-order chi connectivity index (χ0) is 10.7. The Bertz CT molecular complexity index is 301. The number of likely N-dealkylation sites (tertiary alicyclic amines) is 1. The summed E-state index contributed by atoms with van der Waals surface area (Å²) in [6, 6.07) is 0.637. The third-order valence-corrected chi connectivity index (χ3v) is 3.07. The molecule has 0 bridgehead atoms. The van der Waals surface area contributed by atoms with Gasteiger partial charge in [-0.1, -0.05) is 0 Å². The van der Waals surface area contributed by atoms with Crippen molar-refractivity contribution in [3.8, 4) is 0 Å². The predicted octanol–water partition coefficient (Wildman–Crippen LogP) is -0.00110. The van der Waals surface area contributed by atoms with Crippen molar-refractivity contribution in [3.63, 3.8) is 0 Å². The summed E-state index contributed by atoms with van der Waals surface area (Å²) in [5.74, 6) is 1.01. The summed E-state index contributed by atoms with van der Waals surface area (Å²) >= 11 is 0. The first-order chi connectivity index (χ1) is 7.25. The highest BCUT2D eigenvalue weighted by molar-refractivity contribution is 4.85. The third kappa shape index (κ3) is 2.76. The van der Waals surface area contributed by atoms with Gasteiger partial charge in [-0.05, 0) is 33.0 Å². The number of piperidine rings is 1. The average Bonchev–Trinajstić information content (AvgIpc) is 2.63. The van der Waals surface area contributed by atoms with Crippen LogP contribution in [-0.2, 0) is 13.6 Å². The number of rotatable bonds is 3. The molecule has 1 aromatic rings. The topological polar surface area (TPSA) is 46.0 Å². The number of hydrogen-bond donors (Lipinski definition) is 1. The van der Waals surface area contributed by atoms with Crippen molar-refractivity contribution < 1.29 is 0 Å². The van der Waals surface area contributed by atoms with E-state index in [1.54, 1.807) is 6.33 Å². The van der Waals surface area contributed by atoms with E-state index < -0.39 is 0 Å². The second-order valence-electron chi connectivity index (χ2n) is 4.32. The van der Waals surface area contributed by atoms with Gasteiger partial charge in [-0.15, -0.1) is 10.2 Å². The van der Waals surface area contributed by atoms with Crippen molar-refractivity contribution in [2.45, 2.75) is 25.4 Å². The van der Waals surface area contributed by atoms with E-state index in [1.165, 1.54) is 25.9 Å². The van der Waals surface area contributed by atoms with Crippen LogP contribution in [0.2, 0.25) is 0 Å². The van der Waals surface area contributed by atoms with E-state index in [2.05, 4.69) is 27.5 Å². The second kappa shape index (κ2) is 4.72. The molecule has 2 rings (SSSR count). The molecule has 84 valence electrons. The van der Waals surface area contributed by atoms with Crippen molar-refractivity contribution in [1.82, 2.24) is 25.0 Å². The van der Waals surface area contributed by atoms with Gasteiger partial charge in [-0.3, -0.25) is 0 Å². The Hall–Kier alpha value is -0.940. The number of aryl methyl sites for hydroxylation is 1. The van der Waals surface area contributed by atoms with Crippen LogP contribution in [0.25, 0.3) is 0 Å². The van der Waals surface area contributed by atoms with Gasteiger partial charge in [0.2, 0.25) is 0 Å². The lowest BCUT2D eigenvalue weighted by atomic mass is 10.1. The van der Waals surface area contributed by atoms with Gasteiger partial charge in [0.15, 0.2) is 0 Å². The fourth-order valence-electron chi connectivity index (χ4n) is 1.92. The molecule has 0 aliphatic carbocycles. The molecule has 5 nitrogen and oxygen atoms in total. The highest BCUT2D eigenvalue weighted by Gasteiger charge is 2.16. The molecule has 15 heavy (non-hydrogen) atoms. The van der Waals surface area contributed by atoms with E-state index >= 15 is 0 Å². The van der Waals surface area contributed by atoms with Crippen LogP contribution in [0.15, 0.2) is 6.33 Å². The molecule has 0 amide bonds. The van der Waals surface area contributed by atoms with Crippen LogP contribution in [0, 0.1) is 0 Å². The number of nitrogens with zero attached hydrogens (tertiary/aromatic N) is 4. The summed E-state index contributed by atoms with van der Waals surface area (Å²) in [5, 5.41) is 11.5. The third-order valence-electron chi connectivity index (χ3n) is 3.07. The van der Waals surface area contributed by atoms with Crippen LogP contribution in [0.5, 0.6) is 0 Å². The highest BCUT2D eigenvalue weighted by Crippen LogP contribution is 2.08. The maximum Gasteiger partial charge on any atom is 0.146 e. The number of nitrogens with one attached hydrogen (secondary N) is 1. The van der Waals surface area contributed by atoms with Gasteiger partial charge in [0.05, 0.1) is 6.54 Å². The standard InChI is InChI=1S/C10H19N5/c1-14-5-3-9(4-6-14)11-7-10-13-12-8-15(10)2/h8-9,11H,3-7H2,1-2H3. The summed E-state index contributed by atoms with van der Waals surface area (Å²) in [6.07, 6.45) is 4.20. The van der Waals surface area contributed by atoms with Crippen LogP contribution >= 0.6 is 0 Å². The average molecular weight is 209 g/mol. The molecule has 1 aliphatic heterocycles. The molecule has 0 radical (unpaired) electrons. The van der Waals surface area contributed by atoms with E-state index in [0.29, 0.717) is 6.04 Å². The van der Waals surface area contributed by atoms with Crippen LogP contribution in [0.1, 0.15) is 18.7 Å². The summed E-state index contributed by atoms with van der Waals surface area (Å²) in [4.78, 5) is 2.38. The zero-order valence-electron chi connectivity index (χ0n) is 9.48. The Morgan fingerprint density at radius 3 is 2.73 bits per heavy atom. The Morgan fingerprint density at radius 2 is 2.13 bits per heavy atom. The van der Waals surface area contributed by atoms with Crippen molar-refractivity contribution in [1.29, 1.82) is 0 Å². The Morgan fingerprint density at radius 1 is 1.40 bits per heavy atom. The fourth-order valence-corrected chi connectivity index (χ4v) is 1.92. The molecule has 0 saturated carbocycles. The maximum atomic E-state index is 4.06. The first kappa shape index (κ1) is 10.6.